The Bertz CT molecular complexity index is 615. The Labute approximate surface area is 126 Å². The smallest absolute Gasteiger partial charge is 0.308 e. The molecular formula is C14H16N2O6. The number of carbonyl (C=O) groups excluding carboxylic acids is 1. The van der Waals surface area contributed by atoms with Gasteiger partial charge in [-0.05, 0) is 19.4 Å². The highest BCUT2D eigenvalue weighted by Crippen LogP contribution is 2.31. The van der Waals surface area contributed by atoms with Crippen molar-refractivity contribution in [2.24, 2.45) is 5.92 Å². The van der Waals surface area contributed by atoms with E-state index in [4.69, 9.17) is 9.84 Å². The number of hydrogen-bond donors (Lipinski definition) is 1. The predicted molar refractivity (Wildman–Crippen MR) is 75.9 cm³/mol. The number of rotatable bonds is 5. The highest BCUT2D eigenvalue weighted by Gasteiger charge is 2.35. The Balaban J connectivity index is 2.36. The highest BCUT2D eigenvalue weighted by atomic mass is 16.6. The van der Waals surface area contributed by atoms with E-state index in [9.17, 15) is 19.7 Å². The minimum absolute atomic E-state index is 0.0474. The van der Waals surface area contributed by atoms with Crippen LogP contribution >= 0.6 is 0 Å². The zero-order valence-electron chi connectivity index (χ0n) is 12.0. The van der Waals surface area contributed by atoms with Gasteiger partial charge in [-0.25, -0.2) is 0 Å². The largest absolute Gasteiger partial charge is 0.493 e. The summed E-state index contributed by atoms with van der Waals surface area (Å²) in [5.41, 5.74) is -0.463. The van der Waals surface area contributed by atoms with Gasteiger partial charge in [-0.1, -0.05) is 6.07 Å². The number of nitrogens with zero attached hydrogens (tertiary/aromatic N) is 2. The zero-order chi connectivity index (χ0) is 16.3. The molecule has 0 spiro atoms. The lowest BCUT2D eigenvalue weighted by atomic mass is 10.1. The van der Waals surface area contributed by atoms with E-state index in [1.165, 1.54) is 23.1 Å². The molecule has 1 aromatic rings. The Morgan fingerprint density at radius 3 is 2.77 bits per heavy atom. The number of nitro groups is 1. The third kappa shape index (κ3) is 3.00. The first-order valence-corrected chi connectivity index (χ1v) is 6.88. The predicted octanol–water partition coefficient (Wildman–Crippen LogP) is 1.54. The van der Waals surface area contributed by atoms with Gasteiger partial charge in [-0.2, -0.15) is 0 Å². The van der Waals surface area contributed by atoms with Gasteiger partial charge in [0, 0.05) is 19.2 Å². The first kappa shape index (κ1) is 15.7. The summed E-state index contributed by atoms with van der Waals surface area (Å²) in [5, 5.41) is 20.1. The van der Waals surface area contributed by atoms with E-state index in [2.05, 4.69) is 0 Å². The number of aliphatic carboxylic acids is 1. The van der Waals surface area contributed by atoms with Crippen molar-refractivity contribution in [3.63, 3.8) is 0 Å². The van der Waals surface area contributed by atoms with Crippen molar-refractivity contribution >= 4 is 17.6 Å². The monoisotopic (exact) mass is 308 g/mol. The summed E-state index contributed by atoms with van der Waals surface area (Å²) in [6.45, 7) is 2.28. The fourth-order valence-corrected chi connectivity index (χ4v) is 2.47. The van der Waals surface area contributed by atoms with Crippen LogP contribution in [0.3, 0.4) is 0 Å². The molecule has 1 saturated heterocycles. The number of ether oxygens (including phenoxy) is 1. The van der Waals surface area contributed by atoms with Gasteiger partial charge in [0.1, 0.15) is 5.75 Å². The van der Waals surface area contributed by atoms with Gasteiger partial charge in [0.05, 0.1) is 17.4 Å². The Morgan fingerprint density at radius 1 is 1.50 bits per heavy atom. The highest BCUT2D eigenvalue weighted by molar-refractivity contribution is 6.01. The number of hydrogen-bond acceptors (Lipinski definition) is 5. The summed E-state index contributed by atoms with van der Waals surface area (Å²) >= 11 is 0. The second-order valence-corrected chi connectivity index (χ2v) is 4.92. The molecule has 1 heterocycles. The van der Waals surface area contributed by atoms with Crippen LogP contribution in [0.15, 0.2) is 18.2 Å². The molecule has 1 fully saturated rings. The molecule has 0 radical (unpaired) electrons. The number of carboxylic acids is 1. The fourth-order valence-electron chi connectivity index (χ4n) is 2.47. The van der Waals surface area contributed by atoms with Gasteiger partial charge in [0.25, 0.3) is 11.6 Å². The molecule has 0 saturated carbocycles. The van der Waals surface area contributed by atoms with Crippen LogP contribution in [-0.4, -0.2) is 46.5 Å². The summed E-state index contributed by atoms with van der Waals surface area (Å²) < 4.78 is 5.31. The van der Waals surface area contributed by atoms with Crippen molar-refractivity contribution in [3.05, 3.63) is 33.9 Å². The zero-order valence-corrected chi connectivity index (χ0v) is 12.0. The van der Waals surface area contributed by atoms with Gasteiger partial charge < -0.3 is 14.7 Å². The average molecular weight is 308 g/mol. The van der Waals surface area contributed by atoms with Gasteiger partial charge in [0.15, 0.2) is 5.56 Å². The Hall–Kier alpha value is -2.64. The van der Waals surface area contributed by atoms with Gasteiger partial charge in [-0.3, -0.25) is 19.7 Å². The molecule has 8 nitrogen and oxygen atoms in total. The van der Waals surface area contributed by atoms with Crippen LogP contribution in [-0.2, 0) is 4.79 Å². The summed E-state index contributed by atoms with van der Waals surface area (Å²) in [4.78, 5) is 35.4. The molecule has 1 aliphatic rings. The molecule has 1 N–H and O–H groups in total. The van der Waals surface area contributed by atoms with Gasteiger partial charge in [0.2, 0.25) is 0 Å². The fraction of sp³-hybridized carbons (Fsp3) is 0.429. The number of amides is 1. The molecule has 1 aliphatic heterocycles. The van der Waals surface area contributed by atoms with E-state index in [1.54, 1.807) is 6.92 Å². The first-order chi connectivity index (χ1) is 10.5. The van der Waals surface area contributed by atoms with Crippen LogP contribution in [0.2, 0.25) is 0 Å². The number of carbonyl (C=O) groups is 2. The maximum absolute atomic E-state index is 12.6. The molecule has 2 rings (SSSR count). The molecule has 118 valence electrons. The van der Waals surface area contributed by atoms with E-state index in [-0.39, 0.29) is 36.7 Å². The number of nitro benzene ring substituents is 1. The average Bonchev–Trinajstić information content (AvgIpc) is 2.96. The number of benzene rings is 1. The van der Waals surface area contributed by atoms with Crippen LogP contribution in [0.1, 0.15) is 23.7 Å². The van der Waals surface area contributed by atoms with Gasteiger partial charge in [-0.15, -0.1) is 0 Å². The maximum Gasteiger partial charge on any atom is 0.308 e. The number of likely N-dealkylation sites (tertiary alicyclic amines) is 1. The molecular weight excluding hydrogens is 292 g/mol. The summed E-state index contributed by atoms with van der Waals surface area (Å²) in [6, 6.07) is 4.18. The minimum atomic E-state index is -0.970. The summed E-state index contributed by atoms with van der Waals surface area (Å²) in [5.74, 6) is -2.04. The molecule has 0 aromatic heterocycles. The molecule has 0 bridgehead atoms. The molecule has 1 unspecified atom stereocenters. The molecule has 22 heavy (non-hydrogen) atoms. The summed E-state index contributed by atoms with van der Waals surface area (Å²) in [7, 11) is 0. The normalized spacial score (nSPS) is 17.3. The van der Waals surface area contributed by atoms with Crippen molar-refractivity contribution in [3.8, 4) is 5.75 Å². The Morgan fingerprint density at radius 2 is 2.23 bits per heavy atom. The first-order valence-electron chi connectivity index (χ1n) is 6.88. The van der Waals surface area contributed by atoms with Gasteiger partial charge >= 0.3 is 5.97 Å². The van der Waals surface area contributed by atoms with Crippen LogP contribution < -0.4 is 4.74 Å². The van der Waals surface area contributed by atoms with Crippen molar-refractivity contribution in [2.45, 2.75) is 13.3 Å². The van der Waals surface area contributed by atoms with E-state index >= 15 is 0 Å². The third-order valence-electron chi connectivity index (χ3n) is 3.54. The summed E-state index contributed by atoms with van der Waals surface area (Å²) in [6.07, 6.45) is 0.339. The Kier molecular flexibility index (Phi) is 4.59. The van der Waals surface area contributed by atoms with Crippen molar-refractivity contribution < 1.29 is 24.4 Å². The second-order valence-electron chi connectivity index (χ2n) is 4.92. The van der Waals surface area contributed by atoms with Crippen molar-refractivity contribution in [1.29, 1.82) is 0 Å². The lowest BCUT2D eigenvalue weighted by molar-refractivity contribution is -0.385. The molecule has 0 aliphatic carbocycles. The topological polar surface area (TPSA) is 110 Å². The van der Waals surface area contributed by atoms with Crippen LogP contribution in [0, 0.1) is 16.0 Å². The van der Waals surface area contributed by atoms with Crippen molar-refractivity contribution in [2.75, 3.05) is 19.7 Å². The molecule has 1 atom stereocenters. The lowest BCUT2D eigenvalue weighted by Gasteiger charge is -2.18. The minimum Gasteiger partial charge on any atom is -0.493 e. The quantitative estimate of drug-likeness (QED) is 0.652. The lowest BCUT2D eigenvalue weighted by Crippen LogP contribution is -2.30. The van der Waals surface area contributed by atoms with E-state index in [1.807, 2.05) is 0 Å². The van der Waals surface area contributed by atoms with Crippen LogP contribution in [0.4, 0.5) is 5.69 Å². The number of carboxylic acid groups (broad SMARTS) is 1. The third-order valence-corrected chi connectivity index (χ3v) is 3.54. The van der Waals surface area contributed by atoms with Crippen molar-refractivity contribution in [1.82, 2.24) is 4.90 Å². The standard InChI is InChI=1S/C14H16N2O6/c1-2-22-11-5-3-4-10(16(20)21)12(11)13(17)15-7-6-9(8-15)14(18)19/h3-5,9H,2,6-8H2,1H3,(H,18,19). The second kappa shape index (κ2) is 6.42. The SMILES string of the molecule is CCOc1cccc([N+](=O)[O-])c1C(=O)N1CCC(C(=O)O)C1. The maximum atomic E-state index is 12.6. The van der Waals surface area contributed by atoms with E-state index < -0.39 is 22.7 Å². The molecule has 8 heteroatoms. The van der Waals surface area contributed by atoms with Crippen LogP contribution in [0.5, 0.6) is 5.75 Å². The van der Waals surface area contributed by atoms with E-state index in [0.717, 1.165) is 0 Å². The van der Waals surface area contributed by atoms with E-state index in [0.29, 0.717) is 6.42 Å². The van der Waals surface area contributed by atoms with Crippen LogP contribution in [0.25, 0.3) is 0 Å². The molecule has 1 amide bonds. The molecule has 1 aromatic carbocycles.